The molecule has 4 rings (SSSR count). The number of anilines is 2. The smallest absolute Gasteiger partial charge is 0.171 e. The predicted octanol–water partition coefficient (Wildman–Crippen LogP) is 2.74. The Kier molecular flexibility index (Phi) is 4.55. The van der Waals surface area contributed by atoms with E-state index in [1.165, 1.54) is 11.1 Å². The zero-order valence-corrected chi connectivity index (χ0v) is 14.6. The van der Waals surface area contributed by atoms with Crippen LogP contribution in [0.2, 0.25) is 0 Å². The summed E-state index contributed by atoms with van der Waals surface area (Å²) in [6, 6.07) is 10.5. The maximum atomic E-state index is 5.79. The highest BCUT2D eigenvalue weighted by atomic mass is 16.7. The molecule has 2 fully saturated rings. The van der Waals surface area contributed by atoms with E-state index in [0.717, 1.165) is 44.1 Å². The van der Waals surface area contributed by atoms with Crippen molar-refractivity contribution in [3.05, 3.63) is 47.8 Å². The summed E-state index contributed by atoms with van der Waals surface area (Å²) in [5.74, 6) is 1.45. The number of piperidine rings is 1. The van der Waals surface area contributed by atoms with Crippen molar-refractivity contribution in [2.24, 2.45) is 0 Å². The lowest BCUT2D eigenvalue weighted by Gasteiger charge is -2.38. The SMILES string of the molecule is Cc1cccc(CNc2cc(N3CCC4(CC3)OCCO4)ncn2)c1. The van der Waals surface area contributed by atoms with Crippen LogP contribution in [0.1, 0.15) is 24.0 Å². The number of nitrogens with zero attached hydrogens (tertiary/aromatic N) is 3. The van der Waals surface area contributed by atoms with Crippen LogP contribution in [0.5, 0.6) is 0 Å². The Hall–Kier alpha value is -2.18. The summed E-state index contributed by atoms with van der Waals surface area (Å²) in [7, 11) is 0. The lowest BCUT2D eigenvalue weighted by atomic mass is 10.0. The van der Waals surface area contributed by atoms with Gasteiger partial charge in [-0.25, -0.2) is 9.97 Å². The largest absolute Gasteiger partial charge is 0.366 e. The molecule has 6 nitrogen and oxygen atoms in total. The van der Waals surface area contributed by atoms with Crippen LogP contribution in [0.15, 0.2) is 36.7 Å². The Labute approximate surface area is 148 Å². The van der Waals surface area contributed by atoms with Crippen LogP contribution < -0.4 is 10.2 Å². The van der Waals surface area contributed by atoms with Crippen molar-refractivity contribution in [1.82, 2.24) is 9.97 Å². The number of aryl methyl sites for hydroxylation is 1. The highest BCUT2D eigenvalue weighted by Gasteiger charge is 2.40. The molecule has 0 bridgehead atoms. The van der Waals surface area contributed by atoms with Gasteiger partial charge in [0.2, 0.25) is 0 Å². The minimum Gasteiger partial charge on any atom is -0.366 e. The topological polar surface area (TPSA) is 59.5 Å². The van der Waals surface area contributed by atoms with Gasteiger partial charge in [0.1, 0.15) is 18.0 Å². The summed E-state index contributed by atoms with van der Waals surface area (Å²) in [6.45, 7) is 6.04. The van der Waals surface area contributed by atoms with Crippen LogP contribution in [0.3, 0.4) is 0 Å². The molecule has 0 saturated carbocycles. The van der Waals surface area contributed by atoms with Crippen molar-refractivity contribution in [3.63, 3.8) is 0 Å². The Morgan fingerprint density at radius 3 is 2.68 bits per heavy atom. The molecule has 2 aliphatic heterocycles. The van der Waals surface area contributed by atoms with Crippen molar-refractivity contribution in [3.8, 4) is 0 Å². The third-order valence-electron chi connectivity index (χ3n) is 4.87. The van der Waals surface area contributed by atoms with E-state index in [-0.39, 0.29) is 5.79 Å². The Balaban J connectivity index is 1.38. The maximum Gasteiger partial charge on any atom is 0.171 e. The van der Waals surface area contributed by atoms with Crippen LogP contribution in [-0.4, -0.2) is 42.1 Å². The lowest BCUT2D eigenvalue weighted by molar-refractivity contribution is -0.169. The van der Waals surface area contributed by atoms with Crippen molar-refractivity contribution in [1.29, 1.82) is 0 Å². The molecule has 6 heteroatoms. The molecule has 2 aliphatic rings. The Morgan fingerprint density at radius 1 is 1.12 bits per heavy atom. The molecule has 0 amide bonds. The minimum atomic E-state index is -0.351. The molecule has 0 atom stereocenters. The van der Waals surface area contributed by atoms with Gasteiger partial charge in [-0.1, -0.05) is 29.8 Å². The summed E-state index contributed by atoms with van der Waals surface area (Å²) in [5, 5.41) is 3.39. The number of hydrogen-bond acceptors (Lipinski definition) is 6. The first kappa shape index (κ1) is 16.3. The highest BCUT2D eigenvalue weighted by Crippen LogP contribution is 2.32. The van der Waals surface area contributed by atoms with Gasteiger partial charge in [0, 0.05) is 38.5 Å². The fraction of sp³-hybridized carbons (Fsp3) is 0.474. The number of ether oxygens (including phenoxy) is 2. The Morgan fingerprint density at radius 2 is 1.92 bits per heavy atom. The summed E-state index contributed by atoms with van der Waals surface area (Å²) in [5.41, 5.74) is 2.51. The van der Waals surface area contributed by atoms with Crippen LogP contribution in [-0.2, 0) is 16.0 Å². The fourth-order valence-electron chi connectivity index (χ4n) is 3.49. The van der Waals surface area contributed by atoms with E-state index in [0.29, 0.717) is 13.2 Å². The van der Waals surface area contributed by atoms with E-state index in [1.54, 1.807) is 6.33 Å². The van der Waals surface area contributed by atoms with Crippen molar-refractivity contribution in [2.45, 2.75) is 32.1 Å². The van der Waals surface area contributed by atoms with Gasteiger partial charge in [-0.2, -0.15) is 0 Å². The number of hydrogen-bond donors (Lipinski definition) is 1. The molecular formula is C19H24N4O2. The fourth-order valence-corrected chi connectivity index (χ4v) is 3.49. The normalized spacial score (nSPS) is 19.3. The zero-order chi connectivity index (χ0) is 17.1. The molecule has 132 valence electrons. The van der Waals surface area contributed by atoms with E-state index < -0.39 is 0 Å². The highest BCUT2D eigenvalue weighted by molar-refractivity contribution is 5.49. The van der Waals surface area contributed by atoms with Gasteiger partial charge in [0.05, 0.1) is 13.2 Å². The monoisotopic (exact) mass is 340 g/mol. The Bertz CT molecular complexity index is 721. The van der Waals surface area contributed by atoms with Gasteiger partial charge in [-0.05, 0) is 12.5 Å². The van der Waals surface area contributed by atoms with Crippen molar-refractivity contribution < 1.29 is 9.47 Å². The van der Waals surface area contributed by atoms with Gasteiger partial charge in [-0.3, -0.25) is 0 Å². The maximum absolute atomic E-state index is 5.79. The number of nitrogens with one attached hydrogen (secondary N) is 1. The van der Waals surface area contributed by atoms with E-state index in [1.807, 2.05) is 6.07 Å². The van der Waals surface area contributed by atoms with E-state index in [2.05, 4.69) is 51.4 Å². The molecule has 0 radical (unpaired) electrons. The second kappa shape index (κ2) is 6.98. The molecule has 1 aromatic carbocycles. The van der Waals surface area contributed by atoms with E-state index >= 15 is 0 Å². The van der Waals surface area contributed by atoms with Gasteiger partial charge >= 0.3 is 0 Å². The van der Waals surface area contributed by atoms with E-state index in [9.17, 15) is 0 Å². The van der Waals surface area contributed by atoms with E-state index in [4.69, 9.17) is 9.47 Å². The first-order valence-electron chi connectivity index (χ1n) is 8.87. The van der Waals surface area contributed by atoms with Crippen LogP contribution in [0.4, 0.5) is 11.6 Å². The predicted molar refractivity (Wildman–Crippen MR) is 96.6 cm³/mol. The molecular weight excluding hydrogens is 316 g/mol. The molecule has 0 aliphatic carbocycles. The second-order valence-corrected chi connectivity index (χ2v) is 6.70. The van der Waals surface area contributed by atoms with Gasteiger partial charge in [0.25, 0.3) is 0 Å². The molecule has 25 heavy (non-hydrogen) atoms. The summed E-state index contributed by atoms with van der Waals surface area (Å²) in [4.78, 5) is 11.1. The molecule has 2 saturated heterocycles. The standard InChI is InChI=1S/C19H24N4O2/c1-15-3-2-4-16(11-15)13-20-17-12-18(22-14-21-17)23-7-5-19(6-8-23)24-9-10-25-19/h2-4,11-12,14H,5-10,13H2,1H3,(H,20,21,22). The van der Waals surface area contributed by atoms with Crippen LogP contribution >= 0.6 is 0 Å². The molecule has 1 N–H and O–H groups in total. The molecule has 3 heterocycles. The van der Waals surface area contributed by atoms with Crippen LogP contribution in [0, 0.1) is 6.92 Å². The number of rotatable bonds is 4. The van der Waals surface area contributed by atoms with Gasteiger partial charge in [0.15, 0.2) is 5.79 Å². The zero-order valence-electron chi connectivity index (χ0n) is 14.6. The minimum absolute atomic E-state index is 0.351. The van der Waals surface area contributed by atoms with Crippen molar-refractivity contribution >= 4 is 11.6 Å². The third kappa shape index (κ3) is 3.75. The first-order chi connectivity index (χ1) is 12.2. The van der Waals surface area contributed by atoms with Gasteiger partial charge in [-0.15, -0.1) is 0 Å². The lowest BCUT2D eigenvalue weighted by Crippen LogP contribution is -2.45. The number of aromatic nitrogens is 2. The molecule has 1 spiro atoms. The summed E-state index contributed by atoms with van der Waals surface area (Å²) < 4.78 is 11.6. The number of benzene rings is 1. The van der Waals surface area contributed by atoms with Crippen molar-refractivity contribution in [2.75, 3.05) is 36.5 Å². The third-order valence-corrected chi connectivity index (χ3v) is 4.87. The quantitative estimate of drug-likeness (QED) is 0.923. The summed E-state index contributed by atoms with van der Waals surface area (Å²) >= 11 is 0. The van der Waals surface area contributed by atoms with Gasteiger partial charge < -0.3 is 19.7 Å². The molecule has 1 aromatic heterocycles. The first-order valence-corrected chi connectivity index (χ1v) is 8.87. The summed E-state index contributed by atoms with van der Waals surface area (Å²) in [6.07, 6.45) is 3.38. The average Bonchev–Trinajstić information content (AvgIpc) is 3.09. The average molecular weight is 340 g/mol. The second-order valence-electron chi connectivity index (χ2n) is 6.70. The van der Waals surface area contributed by atoms with Crippen LogP contribution in [0.25, 0.3) is 0 Å². The molecule has 2 aromatic rings. The molecule has 0 unspecified atom stereocenters.